The summed E-state index contributed by atoms with van der Waals surface area (Å²) >= 11 is 1.30. The summed E-state index contributed by atoms with van der Waals surface area (Å²) in [6.07, 6.45) is -4.90. The maximum absolute atomic E-state index is 13.8. The van der Waals surface area contributed by atoms with E-state index in [1.54, 1.807) is 6.92 Å². The number of halogens is 5. The molecule has 0 spiro atoms. The van der Waals surface area contributed by atoms with Gasteiger partial charge in [-0.2, -0.15) is 22.0 Å². The van der Waals surface area contributed by atoms with Gasteiger partial charge in [0.2, 0.25) is 5.69 Å². The van der Waals surface area contributed by atoms with Crippen molar-refractivity contribution >= 4 is 32.5 Å². The van der Waals surface area contributed by atoms with Gasteiger partial charge in [0.1, 0.15) is 10.4 Å². The smallest absolute Gasteiger partial charge is 0.211 e. The van der Waals surface area contributed by atoms with E-state index in [-0.39, 0.29) is 5.69 Å². The van der Waals surface area contributed by atoms with E-state index in [9.17, 15) is 22.0 Å². The lowest BCUT2D eigenvalue weighted by Gasteiger charge is -2.09. The highest BCUT2D eigenvalue weighted by molar-refractivity contribution is 7.22. The predicted molar refractivity (Wildman–Crippen MR) is 89.0 cm³/mol. The molecule has 0 aliphatic rings. The van der Waals surface area contributed by atoms with Crippen molar-refractivity contribution < 1.29 is 26.6 Å². The first-order chi connectivity index (χ1) is 12.7. The third-order valence-electron chi connectivity index (χ3n) is 4.16. The Morgan fingerprint density at radius 2 is 1.63 bits per heavy atom. The molecule has 0 saturated carbocycles. The highest BCUT2D eigenvalue weighted by Crippen LogP contribution is 2.40. The van der Waals surface area contributed by atoms with Gasteiger partial charge < -0.3 is 0 Å². The zero-order chi connectivity index (χ0) is 19.5. The lowest BCUT2D eigenvalue weighted by molar-refractivity contribution is -0.720. The fourth-order valence-electron chi connectivity index (χ4n) is 2.97. The van der Waals surface area contributed by atoms with Crippen molar-refractivity contribution in [2.24, 2.45) is 7.05 Å². The largest absolute Gasteiger partial charge is 0.441 e. The molecule has 0 bridgehead atoms. The topological polar surface area (TPSA) is 42.6 Å². The average molecular weight is 397 g/mol. The van der Waals surface area contributed by atoms with E-state index in [2.05, 4.69) is 15.1 Å². The Kier molecular flexibility index (Phi) is 3.84. The number of thiophene rings is 1. The van der Waals surface area contributed by atoms with Crippen LogP contribution in [0.4, 0.5) is 22.0 Å². The van der Waals surface area contributed by atoms with Crippen LogP contribution in [0.5, 0.6) is 0 Å². The number of alkyl halides is 3. The summed E-state index contributed by atoms with van der Waals surface area (Å²) in [6, 6.07) is 7.40. The molecule has 10 heteroatoms. The number of hydrogen-bond acceptors (Lipinski definition) is 4. The van der Waals surface area contributed by atoms with Crippen LogP contribution in [0.2, 0.25) is 0 Å². The summed E-state index contributed by atoms with van der Waals surface area (Å²) < 4.78 is 69.2. The second-order valence-electron chi connectivity index (χ2n) is 5.87. The van der Waals surface area contributed by atoms with E-state index >= 15 is 0 Å². The van der Waals surface area contributed by atoms with E-state index in [1.165, 1.54) is 18.4 Å². The van der Waals surface area contributed by atoms with Crippen molar-refractivity contribution in [3.05, 3.63) is 47.4 Å². The van der Waals surface area contributed by atoms with E-state index in [4.69, 9.17) is 0 Å². The lowest BCUT2D eigenvalue weighted by Crippen LogP contribution is -2.39. The number of nitrogens with zero attached hydrogens (tertiary/aromatic N) is 4. The van der Waals surface area contributed by atoms with E-state index in [1.807, 2.05) is 24.3 Å². The number of hydrogen-bond donors (Lipinski definition) is 0. The summed E-state index contributed by atoms with van der Waals surface area (Å²) in [5.74, 6) is -3.27. The molecule has 0 aliphatic carbocycles. The van der Waals surface area contributed by atoms with E-state index < -0.39 is 34.8 Å². The van der Waals surface area contributed by atoms with Gasteiger partial charge in [-0.15, -0.1) is 11.3 Å². The van der Waals surface area contributed by atoms with Crippen LogP contribution in [-0.2, 0) is 13.2 Å². The van der Waals surface area contributed by atoms with Crippen LogP contribution < -0.4 is 4.68 Å². The van der Waals surface area contributed by atoms with Gasteiger partial charge >= 0.3 is 6.18 Å². The second kappa shape index (κ2) is 5.88. The predicted octanol–water partition coefficient (Wildman–Crippen LogP) is 4.34. The fourth-order valence-corrected chi connectivity index (χ4v) is 4.26. The molecule has 138 valence electrons. The fraction of sp³-hybridized carbons (Fsp3) is 0.176. The first-order valence-electron chi connectivity index (χ1n) is 7.67. The van der Waals surface area contributed by atoms with Gasteiger partial charge in [-0.3, -0.25) is 0 Å². The maximum atomic E-state index is 13.8. The molecule has 4 nitrogen and oxygen atoms in total. The van der Waals surface area contributed by atoms with Crippen molar-refractivity contribution in [1.82, 2.24) is 15.1 Å². The Labute approximate surface area is 152 Å². The first-order valence-corrected chi connectivity index (χ1v) is 8.49. The van der Waals surface area contributed by atoms with Crippen LogP contribution in [0.1, 0.15) is 11.3 Å². The molecule has 3 aromatic heterocycles. The number of aromatic nitrogens is 4. The Balaban J connectivity index is 2.17. The van der Waals surface area contributed by atoms with Gasteiger partial charge in [-0.05, 0) is 23.9 Å². The SMILES string of the molecule is Cc1c(-c2c3nc(F)c(F)nc3c(C(F)(F)F)n[n+]2C)sc2ccccc12. The van der Waals surface area contributed by atoms with Crippen molar-refractivity contribution in [3.8, 4) is 10.6 Å². The number of rotatable bonds is 1. The minimum absolute atomic E-state index is 0.142. The van der Waals surface area contributed by atoms with Crippen molar-refractivity contribution in [1.29, 1.82) is 0 Å². The minimum atomic E-state index is -4.90. The van der Waals surface area contributed by atoms with Crippen LogP contribution in [0.25, 0.3) is 31.7 Å². The van der Waals surface area contributed by atoms with Gasteiger partial charge in [-0.25, -0.2) is 9.97 Å². The molecule has 1 aromatic carbocycles. The highest BCUT2D eigenvalue weighted by atomic mass is 32.1. The summed E-state index contributed by atoms with van der Waals surface area (Å²) in [7, 11) is 1.30. The molecule has 0 fully saturated rings. The minimum Gasteiger partial charge on any atom is -0.211 e. The van der Waals surface area contributed by atoms with Crippen molar-refractivity contribution in [3.63, 3.8) is 0 Å². The molecule has 0 radical (unpaired) electrons. The second-order valence-corrected chi connectivity index (χ2v) is 6.93. The molecule has 27 heavy (non-hydrogen) atoms. The Morgan fingerprint density at radius 3 is 2.26 bits per heavy atom. The monoisotopic (exact) mass is 397 g/mol. The van der Waals surface area contributed by atoms with Crippen LogP contribution in [0.3, 0.4) is 0 Å². The molecule has 0 amide bonds. The number of benzene rings is 1. The summed E-state index contributed by atoms with van der Waals surface area (Å²) in [4.78, 5) is 7.16. The molecule has 0 N–H and O–H groups in total. The highest BCUT2D eigenvalue weighted by Gasteiger charge is 2.41. The van der Waals surface area contributed by atoms with Gasteiger partial charge in [0, 0.05) is 9.80 Å². The number of aryl methyl sites for hydroxylation is 2. The Morgan fingerprint density at radius 1 is 1.00 bits per heavy atom. The molecule has 0 atom stereocenters. The zero-order valence-electron chi connectivity index (χ0n) is 13.9. The summed E-state index contributed by atoms with van der Waals surface area (Å²) in [6.45, 7) is 1.80. The van der Waals surface area contributed by atoms with Crippen LogP contribution in [0.15, 0.2) is 24.3 Å². The molecule has 0 unspecified atom stereocenters. The van der Waals surface area contributed by atoms with Crippen molar-refractivity contribution in [2.45, 2.75) is 13.1 Å². The summed E-state index contributed by atoms with van der Waals surface area (Å²) in [5.41, 5.74) is -1.72. The zero-order valence-corrected chi connectivity index (χ0v) is 14.7. The molecule has 4 rings (SSSR count). The van der Waals surface area contributed by atoms with Gasteiger partial charge in [0.25, 0.3) is 17.6 Å². The molecular formula is C17H10F5N4S+. The standard InChI is InChI=1S/C17H10F5N4S/c1-7-8-5-3-4-6-9(8)27-13(7)12-10-11(24-16(19)15(18)23-10)14(17(20,21)22)25-26(12)2/h3-6H,1-2H3/q+1. The van der Waals surface area contributed by atoms with Crippen LogP contribution >= 0.6 is 11.3 Å². The Bertz CT molecular complexity index is 1220. The van der Waals surface area contributed by atoms with E-state index in [0.717, 1.165) is 20.3 Å². The average Bonchev–Trinajstić information content (AvgIpc) is 2.92. The van der Waals surface area contributed by atoms with Gasteiger partial charge in [-0.1, -0.05) is 22.9 Å². The maximum Gasteiger partial charge on any atom is 0.441 e. The van der Waals surface area contributed by atoms with Crippen molar-refractivity contribution in [2.75, 3.05) is 0 Å². The quantitative estimate of drug-likeness (QED) is 0.355. The van der Waals surface area contributed by atoms with E-state index in [0.29, 0.717) is 4.88 Å². The third kappa shape index (κ3) is 2.71. The van der Waals surface area contributed by atoms with Gasteiger partial charge in [0.15, 0.2) is 12.6 Å². The lowest BCUT2D eigenvalue weighted by atomic mass is 10.1. The number of fused-ring (bicyclic) bond motifs is 2. The third-order valence-corrected chi connectivity index (χ3v) is 5.44. The molecule has 3 heterocycles. The van der Waals surface area contributed by atoms with Gasteiger partial charge in [0.05, 0.1) is 0 Å². The van der Waals surface area contributed by atoms with Crippen LogP contribution in [-0.4, -0.2) is 15.1 Å². The molecule has 4 aromatic rings. The Hall–Kier alpha value is -2.75. The van der Waals surface area contributed by atoms with Crippen LogP contribution in [0, 0.1) is 18.8 Å². The molecule has 0 saturated heterocycles. The normalized spacial score (nSPS) is 12.3. The molecule has 0 aliphatic heterocycles. The first kappa shape index (κ1) is 17.7. The molecular weight excluding hydrogens is 387 g/mol. The summed E-state index contributed by atoms with van der Waals surface area (Å²) in [5, 5.41) is 4.44.